The first-order valence-electron chi connectivity index (χ1n) is 11.3. The molecule has 0 saturated carbocycles. The van der Waals surface area contributed by atoms with Crippen molar-refractivity contribution in [3.8, 4) is 22.9 Å². The monoisotopic (exact) mass is 474 g/mol. The van der Waals surface area contributed by atoms with Crippen LogP contribution in [0.1, 0.15) is 40.2 Å². The highest BCUT2D eigenvalue weighted by Gasteiger charge is 2.25. The third kappa shape index (κ3) is 5.03. The third-order valence-corrected chi connectivity index (χ3v) is 6.24. The van der Waals surface area contributed by atoms with Gasteiger partial charge >= 0.3 is 0 Å². The van der Waals surface area contributed by atoms with Gasteiger partial charge in [-0.2, -0.15) is 0 Å². The maximum Gasteiger partial charge on any atom is 0.253 e. The van der Waals surface area contributed by atoms with E-state index in [1.54, 1.807) is 0 Å². The standard InChI is InChI=1S/C27H26N4O2.ClH/c28-18-19-6-4-9-22(16-19)20-12-14-31(15-13-20)27(32)24-11-5-10-23(17-24)26-30-29-25(33-26)21-7-2-1-3-8-21;/h1-11,16-17,20H,12-15,18,28H2;1H. The van der Waals surface area contributed by atoms with Crippen LogP contribution in [0.3, 0.4) is 0 Å². The molecule has 6 nitrogen and oxygen atoms in total. The average Bonchev–Trinajstić information content (AvgIpc) is 3.40. The van der Waals surface area contributed by atoms with Crippen molar-refractivity contribution in [2.24, 2.45) is 5.73 Å². The van der Waals surface area contributed by atoms with Crippen molar-refractivity contribution in [3.63, 3.8) is 0 Å². The van der Waals surface area contributed by atoms with Gasteiger partial charge in [0.25, 0.3) is 5.91 Å². The highest BCUT2D eigenvalue weighted by Crippen LogP contribution is 2.30. The van der Waals surface area contributed by atoms with E-state index < -0.39 is 0 Å². The van der Waals surface area contributed by atoms with E-state index in [2.05, 4.69) is 34.5 Å². The van der Waals surface area contributed by atoms with E-state index in [1.807, 2.05) is 59.5 Å². The number of likely N-dealkylation sites (tertiary alicyclic amines) is 1. The van der Waals surface area contributed by atoms with E-state index in [0.29, 0.717) is 29.8 Å². The Morgan fingerprint density at radius 3 is 2.29 bits per heavy atom. The van der Waals surface area contributed by atoms with Gasteiger partial charge in [0.05, 0.1) is 0 Å². The summed E-state index contributed by atoms with van der Waals surface area (Å²) in [5.41, 5.74) is 10.5. The molecule has 0 aliphatic carbocycles. The molecule has 1 amide bonds. The summed E-state index contributed by atoms with van der Waals surface area (Å²) in [6.45, 7) is 2.02. The van der Waals surface area contributed by atoms with Crippen molar-refractivity contribution in [1.82, 2.24) is 15.1 Å². The van der Waals surface area contributed by atoms with Gasteiger partial charge in [-0.05, 0) is 60.2 Å². The van der Waals surface area contributed by atoms with Crippen LogP contribution in [0.5, 0.6) is 0 Å². The lowest BCUT2D eigenvalue weighted by Crippen LogP contribution is -2.37. The molecule has 0 spiro atoms. The Morgan fingerprint density at radius 1 is 0.882 bits per heavy atom. The van der Waals surface area contributed by atoms with Crippen molar-refractivity contribution in [2.75, 3.05) is 13.1 Å². The molecule has 4 aromatic rings. The van der Waals surface area contributed by atoms with E-state index in [1.165, 1.54) is 5.56 Å². The number of amides is 1. The summed E-state index contributed by atoms with van der Waals surface area (Å²) in [5, 5.41) is 8.34. The fourth-order valence-corrected chi connectivity index (χ4v) is 4.40. The van der Waals surface area contributed by atoms with Crippen LogP contribution in [0.25, 0.3) is 22.9 Å². The average molecular weight is 475 g/mol. The molecule has 0 unspecified atom stereocenters. The maximum absolute atomic E-state index is 13.2. The molecule has 3 aromatic carbocycles. The van der Waals surface area contributed by atoms with Gasteiger partial charge in [0, 0.05) is 36.3 Å². The van der Waals surface area contributed by atoms with E-state index in [9.17, 15) is 4.79 Å². The molecule has 1 aliphatic rings. The van der Waals surface area contributed by atoms with E-state index in [4.69, 9.17) is 10.2 Å². The second-order valence-electron chi connectivity index (χ2n) is 8.37. The Morgan fingerprint density at radius 2 is 1.56 bits per heavy atom. The first-order valence-corrected chi connectivity index (χ1v) is 11.3. The van der Waals surface area contributed by atoms with Gasteiger partial charge in [-0.1, -0.05) is 48.5 Å². The number of piperidine rings is 1. The largest absolute Gasteiger partial charge is 0.416 e. The zero-order valence-electron chi connectivity index (χ0n) is 18.8. The molecule has 0 atom stereocenters. The number of hydrogen-bond donors (Lipinski definition) is 1. The molecular weight excluding hydrogens is 448 g/mol. The number of benzene rings is 3. The minimum atomic E-state index is 0. The van der Waals surface area contributed by atoms with Crippen LogP contribution in [0.2, 0.25) is 0 Å². The fourth-order valence-electron chi connectivity index (χ4n) is 4.40. The van der Waals surface area contributed by atoms with Gasteiger partial charge in [0.2, 0.25) is 11.8 Å². The van der Waals surface area contributed by atoms with Gasteiger partial charge in [0.15, 0.2) is 0 Å². The first-order chi connectivity index (χ1) is 16.2. The fraction of sp³-hybridized carbons (Fsp3) is 0.222. The van der Waals surface area contributed by atoms with Crippen molar-refractivity contribution in [2.45, 2.75) is 25.3 Å². The number of aromatic nitrogens is 2. The highest BCUT2D eigenvalue weighted by atomic mass is 35.5. The summed E-state index contributed by atoms with van der Waals surface area (Å²) in [5.74, 6) is 1.36. The zero-order valence-corrected chi connectivity index (χ0v) is 19.6. The quantitative estimate of drug-likeness (QED) is 0.424. The van der Waals surface area contributed by atoms with Crippen LogP contribution in [-0.2, 0) is 6.54 Å². The van der Waals surface area contributed by atoms with Gasteiger partial charge in [-0.15, -0.1) is 22.6 Å². The topological polar surface area (TPSA) is 85.2 Å². The molecule has 2 N–H and O–H groups in total. The van der Waals surface area contributed by atoms with Crippen molar-refractivity contribution >= 4 is 18.3 Å². The Balaban J connectivity index is 0.00000274. The third-order valence-electron chi connectivity index (χ3n) is 6.24. The summed E-state index contributed by atoms with van der Waals surface area (Å²) in [6, 6.07) is 25.6. The molecule has 0 radical (unpaired) electrons. The van der Waals surface area contributed by atoms with Crippen molar-refractivity contribution < 1.29 is 9.21 Å². The van der Waals surface area contributed by atoms with Gasteiger partial charge in [-0.3, -0.25) is 4.79 Å². The van der Waals surface area contributed by atoms with Crippen molar-refractivity contribution in [3.05, 3.63) is 95.6 Å². The zero-order chi connectivity index (χ0) is 22.6. The lowest BCUT2D eigenvalue weighted by atomic mass is 9.88. The van der Waals surface area contributed by atoms with Crippen LogP contribution < -0.4 is 5.73 Å². The maximum atomic E-state index is 13.2. The summed E-state index contributed by atoms with van der Waals surface area (Å²) in [4.78, 5) is 15.1. The number of carbonyl (C=O) groups is 1. The Kier molecular flexibility index (Phi) is 7.40. The molecule has 5 rings (SSSR count). The molecule has 7 heteroatoms. The number of nitrogens with zero attached hydrogens (tertiary/aromatic N) is 3. The Hall–Kier alpha value is -3.48. The predicted octanol–water partition coefficient (Wildman–Crippen LogP) is 5.30. The van der Waals surface area contributed by atoms with Crippen LogP contribution in [-0.4, -0.2) is 34.1 Å². The minimum Gasteiger partial charge on any atom is -0.416 e. The van der Waals surface area contributed by atoms with Gasteiger partial charge in [-0.25, -0.2) is 0 Å². The summed E-state index contributed by atoms with van der Waals surface area (Å²) < 4.78 is 5.86. The minimum absolute atomic E-state index is 0. The Bertz CT molecular complexity index is 1250. The highest BCUT2D eigenvalue weighted by molar-refractivity contribution is 5.95. The lowest BCUT2D eigenvalue weighted by Gasteiger charge is -2.32. The number of hydrogen-bond acceptors (Lipinski definition) is 5. The lowest BCUT2D eigenvalue weighted by molar-refractivity contribution is 0.0713. The smallest absolute Gasteiger partial charge is 0.253 e. The Labute approximate surface area is 205 Å². The number of nitrogens with two attached hydrogens (primary N) is 1. The first kappa shape index (κ1) is 23.7. The van der Waals surface area contributed by atoms with Gasteiger partial charge < -0.3 is 15.1 Å². The normalized spacial score (nSPS) is 14.0. The number of carbonyl (C=O) groups excluding carboxylic acids is 1. The van der Waals surface area contributed by atoms with Crippen molar-refractivity contribution in [1.29, 1.82) is 0 Å². The summed E-state index contributed by atoms with van der Waals surface area (Å²) >= 11 is 0. The van der Waals surface area contributed by atoms with Crippen LogP contribution >= 0.6 is 12.4 Å². The molecule has 1 aliphatic heterocycles. The SMILES string of the molecule is Cl.NCc1cccc(C2CCN(C(=O)c3cccc(-c4nnc(-c5ccccc5)o4)c3)CC2)c1. The molecule has 1 saturated heterocycles. The number of rotatable bonds is 5. The second-order valence-corrected chi connectivity index (χ2v) is 8.37. The molecule has 1 aromatic heterocycles. The van der Waals surface area contributed by atoms with E-state index in [0.717, 1.165) is 42.6 Å². The van der Waals surface area contributed by atoms with E-state index >= 15 is 0 Å². The molecule has 34 heavy (non-hydrogen) atoms. The second kappa shape index (κ2) is 10.6. The number of halogens is 1. The van der Waals surface area contributed by atoms with Crippen LogP contribution in [0.15, 0.2) is 83.3 Å². The van der Waals surface area contributed by atoms with Crippen LogP contribution in [0, 0.1) is 0 Å². The summed E-state index contributed by atoms with van der Waals surface area (Å²) in [6.07, 6.45) is 1.90. The van der Waals surface area contributed by atoms with Gasteiger partial charge in [0.1, 0.15) is 0 Å². The predicted molar refractivity (Wildman–Crippen MR) is 135 cm³/mol. The van der Waals surface area contributed by atoms with Crippen LogP contribution in [0.4, 0.5) is 0 Å². The summed E-state index contributed by atoms with van der Waals surface area (Å²) in [7, 11) is 0. The molecule has 174 valence electrons. The molecule has 1 fully saturated rings. The molecular formula is C27H27ClN4O2. The molecule has 2 heterocycles. The van der Waals surface area contributed by atoms with E-state index in [-0.39, 0.29) is 18.3 Å². The molecule has 0 bridgehead atoms.